The van der Waals surface area contributed by atoms with Crippen LogP contribution in [0.25, 0.3) is 0 Å². The molecule has 7 heteroatoms. The molecule has 1 saturated heterocycles. The number of fused-ring (bicyclic) bond motifs is 1. The molecule has 0 bridgehead atoms. The molecule has 2 aliphatic rings. The fourth-order valence-electron chi connectivity index (χ4n) is 4.33. The molecule has 2 amide bonds. The molecule has 0 radical (unpaired) electrons. The van der Waals surface area contributed by atoms with E-state index < -0.39 is 0 Å². The second kappa shape index (κ2) is 9.10. The minimum absolute atomic E-state index is 0.00214. The van der Waals surface area contributed by atoms with E-state index in [0.29, 0.717) is 48.7 Å². The van der Waals surface area contributed by atoms with E-state index in [0.717, 1.165) is 11.3 Å². The highest BCUT2D eigenvalue weighted by Gasteiger charge is 2.32. The summed E-state index contributed by atoms with van der Waals surface area (Å²) >= 11 is 6.26. The number of ether oxygens (including phenoxy) is 1. The molecule has 0 aromatic heterocycles. The maximum atomic E-state index is 12.6. The molecular weight excluding hydrogens is 416 g/mol. The van der Waals surface area contributed by atoms with E-state index >= 15 is 0 Å². The first-order valence-electron chi connectivity index (χ1n) is 10.6. The van der Waals surface area contributed by atoms with Crippen LogP contribution in [0.1, 0.15) is 48.0 Å². The molecule has 6 nitrogen and oxygen atoms in total. The number of halogens is 1. The van der Waals surface area contributed by atoms with Crippen LogP contribution in [0.5, 0.6) is 5.75 Å². The predicted molar refractivity (Wildman–Crippen MR) is 119 cm³/mol. The molecule has 2 aromatic carbocycles. The summed E-state index contributed by atoms with van der Waals surface area (Å²) in [6, 6.07) is 12.7. The lowest BCUT2D eigenvalue weighted by Gasteiger charge is -2.31. The average molecular weight is 441 g/mol. The van der Waals surface area contributed by atoms with E-state index in [2.05, 4.69) is 5.32 Å². The molecule has 0 unspecified atom stereocenters. The van der Waals surface area contributed by atoms with E-state index in [4.69, 9.17) is 16.3 Å². The Morgan fingerprint density at radius 1 is 1.13 bits per heavy atom. The number of anilines is 1. The second-order valence-corrected chi connectivity index (χ2v) is 8.57. The number of para-hydroxylation sites is 1. The highest BCUT2D eigenvalue weighted by molar-refractivity contribution is 6.32. The van der Waals surface area contributed by atoms with Gasteiger partial charge in [0.05, 0.1) is 5.56 Å². The van der Waals surface area contributed by atoms with Gasteiger partial charge >= 0.3 is 0 Å². The predicted octanol–water partition coefficient (Wildman–Crippen LogP) is 4.29. The summed E-state index contributed by atoms with van der Waals surface area (Å²) in [6.45, 7) is 2.83. The Morgan fingerprint density at radius 2 is 1.84 bits per heavy atom. The number of hydrogen-bond donors (Lipinski definition) is 1. The van der Waals surface area contributed by atoms with Crippen LogP contribution in [0, 0.1) is 5.92 Å². The zero-order chi connectivity index (χ0) is 22.0. The number of rotatable bonds is 5. The third kappa shape index (κ3) is 4.59. The van der Waals surface area contributed by atoms with Crippen molar-refractivity contribution in [1.29, 1.82) is 0 Å². The van der Waals surface area contributed by atoms with Crippen molar-refractivity contribution in [3.8, 4) is 5.75 Å². The third-order valence-corrected chi connectivity index (χ3v) is 6.36. The lowest BCUT2D eigenvalue weighted by Crippen LogP contribution is -2.43. The number of carbonyl (C=O) groups excluding carboxylic acids is 3. The first kappa shape index (κ1) is 21.4. The molecule has 1 N–H and O–H groups in total. The molecule has 0 saturated carbocycles. The summed E-state index contributed by atoms with van der Waals surface area (Å²) in [5.41, 5.74) is 2.09. The Kier molecular flexibility index (Phi) is 6.28. The van der Waals surface area contributed by atoms with Gasteiger partial charge in [-0.2, -0.15) is 0 Å². The monoisotopic (exact) mass is 440 g/mol. The van der Waals surface area contributed by atoms with Crippen molar-refractivity contribution in [1.82, 2.24) is 4.90 Å². The lowest BCUT2D eigenvalue weighted by molar-refractivity contribution is -0.136. The van der Waals surface area contributed by atoms with Crippen molar-refractivity contribution >= 4 is 34.9 Å². The zero-order valence-corrected chi connectivity index (χ0v) is 18.2. The Hall–Kier alpha value is -2.86. The van der Waals surface area contributed by atoms with Gasteiger partial charge in [-0.25, -0.2) is 0 Å². The largest absolute Gasteiger partial charge is 0.483 e. The summed E-state index contributed by atoms with van der Waals surface area (Å²) in [7, 11) is 0. The summed E-state index contributed by atoms with van der Waals surface area (Å²) < 4.78 is 5.74. The van der Waals surface area contributed by atoms with Gasteiger partial charge in [-0.05, 0) is 48.6 Å². The fourth-order valence-corrected chi connectivity index (χ4v) is 4.68. The van der Waals surface area contributed by atoms with Crippen molar-refractivity contribution in [2.75, 3.05) is 25.0 Å². The highest BCUT2D eigenvalue weighted by atomic mass is 35.5. The second-order valence-electron chi connectivity index (χ2n) is 8.16. The number of piperidine rings is 1. The van der Waals surface area contributed by atoms with Crippen molar-refractivity contribution in [2.45, 2.75) is 32.1 Å². The number of nitrogens with one attached hydrogen (secondary N) is 1. The molecule has 162 valence electrons. The first-order valence-corrected chi connectivity index (χ1v) is 10.9. The van der Waals surface area contributed by atoms with E-state index in [1.807, 2.05) is 37.3 Å². The number of carbonyl (C=O) groups is 3. The summed E-state index contributed by atoms with van der Waals surface area (Å²) in [5.74, 6) is 0.180. The van der Waals surface area contributed by atoms with Gasteiger partial charge in [-0.1, -0.05) is 36.7 Å². The van der Waals surface area contributed by atoms with Crippen molar-refractivity contribution < 1.29 is 19.1 Å². The van der Waals surface area contributed by atoms with Gasteiger partial charge in [0.15, 0.2) is 12.4 Å². The molecule has 1 fully saturated rings. The Balaban J connectivity index is 1.30. The summed E-state index contributed by atoms with van der Waals surface area (Å²) in [5, 5.41) is 3.49. The zero-order valence-electron chi connectivity index (χ0n) is 17.4. The maximum absolute atomic E-state index is 12.6. The quantitative estimate of drug-likeness (QED) is 0.752. The Labute approximate surface area is 186 Å². The molecule has 2 aromatic rings. The highest BCUT2D eigenvalue weighted by Crippen LogP contribution is 2.42. The molecule has 4 rings (SSSR count). The minimum Gasteiger partial charge on any atom is -0.483 e. The molecule has 1 atom stereocenters. The number of likely N-dealkylation sites (tertiary alicyclic amines) is 1. The van der Waals surface area contributed by atoms with E-state index in [9.17, 15) is 14.4 Å². The molecule has 1 aliphatic heterocycles. The number of Topliss-reactive ketones (excluding diaryl/α,β-unsaturated/α-hetero) is 1. The van der Waals surface area contributed by atoms with Gasteiger partial charge in [-0.15, -0.1) is 0 Å². The third-order valence-electron chi connectivity index (χ3n) is 6.03. The Morgan fingerprint density at radius 3 is 2.55 bits per heavy atom. The van der Waals surface area contributed by atoms with Crippen LogP contribution in [0.2, 0.25) is 5.02 Å². The van der Waals surface area contributed by atoms with Gasteiger partial charge in [0, 0.05) is 36.1 Å². The smallest absolute Gasteiger partial charge is 0.260 e. The van der Waals surface area contributed by atoms with Gasteiger partial charge in [0.1, 0.15) is 5.75 Å². The lowest BCUT2D eigenvalue weighted by atomic mass is 9.95. The van der Waals surface area contributed by atoms with Crippen LogP contribution in [0.3, 0.4) is 0 Å². The van der Waals surface area contributed by atoms with Gasteiger partial charge in [0.25, 0.3) is 5.91 Å². The minimum atomic E-state index is -0.149. The molecule has 1 aliphatic carbocycles. The number of nitrogens with zero attached hydrogens (tertiary/aromatic N) is 1. The van der Waals surface area contributed by atoms with Gasteiger partial charge in [-0.3, -0.25) is 14.4 Å². The van der Waals surface area contributed by atoms with Crippen LogP contribution in [-0.2, 0) is 9.59 Å². The average Bonchev–Trinajstić information content (AvgIpc) is 3.09. The standard InChI is InChI=1S/C24H25ClN2O4/c1-15-13-19(28)23-20(8-7-18(25)22(15)23)31-14-21(29)27-11-9-16(10-12-27)24(30)26-17-5-3-2-4-6-17/h2-8,15-16H,9-14H2,1H3,(H,26,30)/t15-/m1/s1. The van der Waals surface area contributed by atoms with Crippen molar-refractivity contribution in [3.63, 3.8) is 0 Å². The van der Waals surface area contributed by atoms with Crippen molar-refractivity contribution in [3.05, 3.63) is 58.6 Å². The number of amides is 2. The molecular formula is C24H25ClN2O4. The van der Waals surface area contributed by atoms with Gasteiger partial charge in [0.2, 0.25) is 5.91 Å². The van der Waals surface area contributed by atoms with Gasteiger partial charge < -0.3 is 15.0 Å². The SMILES string of the molecule is C[C@@H]1CC(=O)c2c(OCC(=O)N3CCC(C(=O)Nc4ccccc4)CC3)ccc(Cl)c21. The van der Waals surface area contributed by atoms with Crippen molar-refractivity contribution in [2.24, 2.45) is 5.92 Å². The summed E-state index contributed by atoms with van der Waals surface area (Å²) in [6.07, 6.45) is 1.62. The Bertz CT molecular complexity index is 1000. The van der Waals surface area contributed by atoms with Crippen LogP contribution in [0.4, 0.5) is 5.69 Å². The van der Waals surface area contributed by atoms with E-state index in [-0.39, 0.29) is 36.0 Å². The van der Waals surface area contributed by atoms with Crippen LogP contribution >= 0.6 is 11.6 Å². The van der Waals surface area contributed by atoms with E-state index in [1.54, 1.807) is 17.0 Å². The normalized spacial score (nSPS) is 18.6. The topological polar surface area (TPSA) is 75.7 Å². The first-order chi connectivity index (χ1) is 14.9. The molecule has 31 heavy (non-hydrogen) atoms. The molecule has 1 heterocycles. The maximum Gasteiger partial charge on any atom is 0.260 e. The fraction of sp³-hybridized carbons (Fsp3) is 0.375. The van der Waals surface area contributed by atoms with Crippen LogP contribution < -0.4 is 10.1 Å². The van der Waals surface area contributed by atoms with Crippen LogP contribution in [-0.4, -0.2) is 42.2 Å². The number of hydrogen-bond acceptors (Lipinski definition) is 4. The summed E-state index contributed by atoms with van der Waals surface area (Å²) in [4.78, 5) is 39.2. The number of ketones is 1. The van der Waals surface area contributed by atoms with E-state index in [1.165, 1.54) is 0 Å². The number of benzene rings is 2. The van der Waals surface area contributed by atoms with Crippen LogP contribution in [0.15, 0.2) is 42.5 Å². The molecule has 0 spiro atoms.